The van der Waals surface area contributed by atoms with E-state index in [-0.39, 0.29) is 11.3 Å². The molecule has 2 N–H and O–H groups in total. The molecule has 0 bridgehead atoms. The largest absolute Gasteiger partial charge is 0.478 e. The molecule has 0 fully saturated rings. The Bertz CT molecular complexity index is 615. The Kier molecular flexibility index (Phi) is 3.15. The third kappa shape index (κ3) is 2.40. The van der Waals surface area contributed by atoms with Crippen molar-refractivity contribution in [3.8, 4) is 0 Å². The number of carbonyl (C=O) groups excluding carboxylic acids is 1. The molecule has 0 aliphatic rings. The lowest BCUT2D eigenvalue weighted by atomic mass is 10.3. The highest BCUT2D eigenvalue weighted by Gasteiger charge is 2.17. The number of nitrogens with zero attached hydrogens (tertiary/aromatic N) is 2. The third-order valence-corrected chi connectivity index (χ3v) is 3.22. The summed E-state index contributed by atoms with van der Waals surface area (Å²) >= 11 is 1.23. The van der Waals surface area contributed by atoms with Crippen molar-refractivity contribution in [2.45, 2.75) is 6.92 Å². The van der Waals surface area contributed by atoms with Crippen LogP contribution in [0.4, 0.5) is 5.00 Å². The number of aromatic carboxylic acids is 1. The summed E-state index contributed by atoms with van der Waals surface area (Å²) in [5.41, 5.74) is 0.349. The van der Waals surface area contributed by atoms with E-state index in [2.05, 4.69) is 10.3 Å². The molecule has 1 amide bonds. The van der Waals surface area contributed by atoms with Crippen molar-refractivity contribution in [1.82, 2.24) is 9.55 Å². The third-order valence-electron chi connectivity index (χ3n) is 2.25. The number of imidazole rings is 1. The van der Waals surface area contributed by atoms with Gasteiger partial charge in [-0.1, -0.05) is 0 Å². The number of thiophene rings is 1. The fourth-order valence-corrected chi connectivity index (χ4v) is 2.36. The highest BCUT2D eigenvalue weighted by atomic mass is 32.1. The fraction of sp³-hybridized carbons (Fsp3) is 0.182. The summed E-state index contributed by atoms with van der Waals surface area (Å²) in [4.78, 5) is 27.6. The summed E-state index contributed by atoms with van der Waals surface area (Å²) in [5.74, 6) is -1.48. The molecule has 0 unspecified atom stereocenters. The first kappa shape index (κ1) is 12.3. The molecule has 6 nitrogen and oxygen atoms in total. The van der Waals surface area contributed by atoms with Crippen molar-refractivity contribution in [2.24, 2.45) is 7.05 Å². The number of amides is 1. The molecule has 0 radical (unpaired) electrons. The number of hydrogen-bond acceptors (Lipinski definition) is 4. The van der Waals surface area contributed by atoms with Gasteiger partial charge in [-0.05, 0) is 13.0 Å². The Labute approximate surface area is 107 Å². The maximum Gasteiger partial charge on any atom is 0.338 e. The number of hydrogen-bond donors (Lipinski definition) is 2. The number of carboxylic acids is 1. The smallest absolute Gasteiger partial charge is 0.338 e. The second-order valence-corrected chi connectivity index (χ2v) is 5.04. The average Bonchev–Trinajstić information content (AvgIpc) is 2.85. The summed E-state index contributed by atoms with van der Waals surface area (Å²) in [6.45, 7) is 1.79. The maximum atomic E-state index is 11.8. The summed E-state index contributed by atoms with van der Waals surface area (Å²) in [5, 5.41) is 11.9. The van der Waals surface area contributed by atoms with E-state index in [0.29, 0.717) is 5.00 Å². The minimum absolute atomic E-state index is 0.0989. The molecule has 2 aromatic rings. The monoisotopic (exact) mass is 265 g/mol. The van der Waals surface area contributed by atoms with Gasteiger partial charge in [0.05, 0.1) is 11.9 Å². The summed E-state index contributed by atoms with van der Waals surface area (Å²) in [7, 11) is 1.75. The molecule has 2 aromatic heterocycles. The molecular weight excluding hydrogens is 254 g/mol. The Hall–Kier alpha value is -2.15. The molecule has 0 aliphatic carbocycles. The zero-order valence-electron chi connectivity index (χ0n) is 9.80. The minimum Gasteiger partial charge on any atom is -0.478 e. The Morgan fingerprint density at radius 3 is 2.78 bits per heavy atom. The molecule has 2 rings (SSSR count). The zero-order chi connectivity index (χ0) is 13.3. The van der Waals surface area contributed by atoms with Crippen LogP contribution >= 0.6 is 11.3 Å². The van der Waals surface area contributed by atoms with Crippen LogP contribution in [0.3, 0.4) is 0 Å². The van der Waals surface area contributed by atoms with Gasteiger partial charge in [-0.3, -0.25) is 4.79 Å². The number of rotatable bonds is 3. The Morgan fingerprint density at radius 1 is 1.50 bits per heavy atom. The molecule has 0 saturated heterocycles. The molecule has 0 saturated carbocycles. The lowest BCUT2D eigenvalue weighted by Gasteiger charge is -2.01. The fourth-order valence-electron chi connectivity index (χ4n) is 1.46. The van der Waals surface area contributed by atoms with E-state index in [4.69, 9.17) is 5.11 Å². The average molecular weight is 265 g/mol. The van der Waals surface area contributed by atoms with Crippen LogP contribution in [0, 0.1) is 6.92 Å². The van der Waals surface area contributed by atoms with Gasteiger partial charge in [0.1, 0.15) is 10.7 Å². The topological polar surface area (TPSA) is 84.2 Å². The van der Waals surface area contributed by atoms with E-state index in [0.717, 1.165) is 4.88 Å². The Morgan fingerprint density at radius 2 is 2.22 bits per heavy atom. The molecule has 2 heterocycles. The van der Waals surface area contributed by atoms with E-state index in [1.54, 1.807) is 24.7 Å². The molecule has 18 heavy (non-hydrogen) atoms. The van der Waals surface area contributed by atoms with Gasteiger partial charge in [0.15, 0.2) is 0 Å². The van der Waals surface area contributed by atoms with E-state index in [1.165, 1.54) is 23.7 Å². The van der Waals surface area contributed by atoms with Crippen LogP contribution in [0.1, 0.15) is 25.7 Å². The van der Waals surface area contributed by atoms with Crippen molar-refractivity contribution < 1.29 is 14.7 Å². The van der Waals surface area contributed by atoms with Crippen LogP contribution in [-0.4, -0.2) is 26.5 Å². The first-order valence-corrected chi connectivity index (χ1v) is 5.92. The number of anilines is 1. The minimum atomic E-state index is -1.06. The number of carbonyl (C=O) groups is 2. The predicted molar refractivity (Wildman–Crippen MR) is 67.2 cm³/mol. The molecular formula is C11H11N3O3S. The van der Waals surface area contributed by atoms with Gasteiger partial charge < -0.3 is 15.0 Å². The van der Waals surface area contributed by atoms with E-state index in [9.17, 15) is 9.59 Å². The molecule has 94 valence electrons. The predicted octanol–water partition coefficient (Wildman–Crippen LogP) is 1.74. The van der Waals surface area contributed by atoms with Crippen LogP contribution in [0.5, 0.6) is 0 Å². The lowest BCUT2D eigenvalue weighted by molar-refractivity contribution is 0.0698. The van der Waals surface area contributed by atoms with Crippen LogP contribution in [-0.2, 0) is 7.05 Å². The molecule has 0 aromatic carbocycles. The van der Waals surface area contributed by atoms with Crippen molar-refractivity contribution >= 4 is 28.2 Å². The first-order chi connectivity index (χ1) is 8.47. The van der Waals surface area contributed by atoms with Gasteiger partial charge in [-0.2, -0.15) is 0 Å². The van der Waals surface area contributed by atoms with Crippen molar-refractivity contribution in [3.63, 3.8) is 0 Å². The second kappa shape index (κ2) is 4.61. The van der Waals surface area contributed by atoms with Crippen LogP contribution in [0.25, 0.3) is 0 Å². The Balaban J connectivity index is 2.24. The first-order valence-electron chi connectivity index (χ1n) is 5.10. The van der Waals surface area contributed by atoms with E-state index in [1.807, 2.05) is 0 Å². The highest BCUT2D eigenvalue weighted by molar-refractivity contribution is 7.16. The van der Waals surface area contributed by atoms with Crippen molar-refractivity contribution in [2.75, 3.05) is 5.32 Å². The van der Waals surface area contributed by atoms with Gasteiger partial charge in [-0.15, -0.1) is 11.3 Å². The number of nitrogens with one attached hydrogen (secondary N) is 1. The van der Waals surface area contributed by atoms with Gasteiger partial charge in [-0.25, -0.2) is 9.78 Å². The lowest BCUT2D eigenvalue weighted by Crippen LogP contribution is -2.13. The van der Waals surface area contributed by atoms with E-state index < -0.39 is 11.9 Å². The van der Waals surface area contributed by atoms with Gasteiger partial charge >= 0.3 is 5.97 Å². The van der Waals surface area contributed by atoms with Gasteiger partial charge in [0.2, 0.25) is 0 Å². The molecule has 0 spiro atoms. The molecule has 0 atom stereocenters. The summed E-state index contributed by atoms with van der Waals surface area (Å²) in [6, 6.07) is 1.53. The molecule has 0 aliphatic heterocycles. The summed E-state index contributed by atoms with van der Waals surface area (Å²) < 4.78 is 1.65. The molecule has 7 heteroatoms. The normalized spacial score (nSPS) is 10.3. The van der Waals surface area contributed by atoms with E-state index >= 15 is 0 Å². The van der Waals surface area contributed by atoms with Crippen LogP contribution < -0.4 is 5.32 Å². The number of aryl methyl sites for hydroxylation is 2. The maximum absolute atomic E-state index is 11.8. The quantitative estimate of drug-likeness (QED) is 0.885. The van der Waals surface area contributed by atoms with Gasteiger partial charge in [0, 0.05) is 18.1 Å². The zero-order valence-corrected chi connectivity index (χ0v) is 10.6. The summed E-state index contributed by atoms with van der Waals surface area (Å²) in [6.07, 6.45) is 3.07. The van der Waals surface area contributed by atoms with Gasteiger partial charge in [0.25, 0.3) is 5.91 Å². The SMILES string of the molecule is Cc1cc(C(=O)O)c(NC(=O)c2cn(C)cn2)s1. The van der Waals surface area contributed by atoms with Crippen LogP contribution in [0.15, 0.2) is 18.6 Å². The van der Waals surface area contributed by atoms with Crippen molar-refractivity contribution in [1.29, 1.82) is 0 Å². The standard InChI is InChI=1S/C11H11N3O3S/c1-6-3-7(11(16)17)10(18-6)13-9(15)8-4-14(2)5-12-8/h3-5H,1-2H3,(H,13,15)(H,16,17). The highest BCUT2D eigenvalue weighted by Crippen LogP contribution is 2.27. The second-order valence-electron chi connectivity index (χ2n) is 3.78. The number of carboxylic acid groups (broad SMARTS) is 1. The van der Waals surface area contributed by atoms with Crippen LogP contribution in [0.2, 0.25) is 0 Å². The van der Waals surface area contributed by atoms with Crippen molar-refractivity contribution in [3.05, 3.63) is 34.7 Å². The number of aromatic nitrogens is 2.